The molecule has 0 fully saturated rings. The third-order valence-electron chi connectivity index (χ3n) is 4.26. The molecule has 0 aliphatic carbocycles. The molecule has 3 aromatic rings. The van der Waals surface area contributed by atoms with Gasteiger partial charge >= 0.3 is 0 Å². The van der Waals surface area contributed by atoms with Crippen molar-refractivity contribution in [2.75, 3.05) is 19.6 Å². The zero-order valence-corrected chi connectivity index (χ0v) is 16.5. The first-order valence-corrected chi connectivity index (χ1v) is 10.0. The van der Waals surface area contributed by atoms with E-state index in [0.29, 0.717) is 0 Å². The smallest absolute Gasteiger partial charge is 0.191 e. The van der Waals surface area contributed by atoms with E-state index in [-0.39, 0.29) is 0 Å². The molecule has 5 nitrogen and oxygen atoms in total. The lowest BCUT2D eigenvalue weighted by atomic mass is 10.1. The third-order valence-corrected chi connectivity index (χ3v) is 5.08. The van der Waals surface area contributed by atoms with Gasteiger partial charge in [0.2, 0.25) is 0 Å². The molecular weight excluding hydrogens is 342 g/mol. The van der Waals surface area contributed by atoms with E-state index in [1.54, 1.807) is 11.3 Å². The minimum atomic E-state index is 0.741. The monoisotopic (exact) mass is 369 g/mol. The Morgan fingerprint density at radius 2 is 2.12 bits per heavy atom. The van der Waals surface area contributed by atoms with Gasteiger partial charge in [0.25, 0.3) is 0 Å². The number of hydrogen-bond acceptors (Lipinski definition) is 3. The van der Waals surface area contributed by atoms with Crippen molar-refractivity contribution in [1.29, 1.82) is 0 Å². The summed E-state index contributed by atoms with van der Waals surface area (Å²) < 4.78 is 0. The number of aryl methyl sites for hydroxylation is 2. The molecule has 0 atom stereocenters. The van der Waals surface area contributed by atoms with Crippen LogP contribution in [0.5, 0.6) is 0 Å². The van der Waals surface area contributed by atoms with Crippen LogP contribution in [-0.4, -0.2) is 35.6 Å². The average Bonchev–Trinajstić information content (AvgIpc) is 3.21. The molecule has 0 amide bonds. The predicted octanol–water partition coefficient (Wildman–Crippen LogP) is 3.58. The summed E-state index contributed by atoms with van der Waals surface area (Å²) in [6.07, 6.45) is 3.95. The standard InChI is InChI=1S/C20H27N5S/c1-4-21-20(23-10-8-17-13-26-15(3)25-17)22-9-7-16-12-24-19-11-14(2)5-6-18(16)19/h5-6,11-13,24H,4,7-10H2,1-3H3,(H2,21,22,23). The van der Waals surface area contributed by atoms with Gasteiger partial charge in [-0.3, -0.25) is 4.99 Å². The Morgan fingerprint density at radius 1 is 1.23 bits per heavy atom. The van der Waals surface area contributed by atoms with E-state index < -0.39 is 0 Å². The van der Waals surface area contributed by atoms with Crippen LogP contribution in [0.4, 0.5) is 0 Å². The molecular formula is C20H27N5S. The number of fused-ring (bicyclic) bond motifs is 1. The van der Waals surface area contributed by atoms with Crippen LogP contribution in [0.1, 0.15) is 28.8 Å². The highest BCUT2D eigenvalue weighted by Crippen LogP contribution is 2.19. The molecule has 26 heavy (non-hydrogen) atoms. The molecule has 0 spiro atoms. The van der Waals surface area contributed by atoms with Gasteiger partial charge in [0, 0.05) is 48.5 Å². The Kier molecular flexibility index (Phi) is 6.28. The molecule has 1 aromatic carbocycles. The lowest BCUT2D eigenvalue weighted by Crippen LogP contribution is -2.38. The highest BCUT2D eigenvalue weighted by Gasteiger charge is 2.05. The maximum absolute atomic E-state index is 4.66. The van der Waals surface area contributed by atoms with Gasteiger partial charge in [-0.2, -0.15) is 0 Å². The van der Waals surface area contributed by atoms with Crippen molar-refractivity contribution in [3.63, 3.8) is 0 Å². The molecule has 3 N–H and O–H groups in total. The molecule has 0 aliphatic heterocycles. The second kappa shape index (κ2) is 8.85. The molecule has 0 aliphatic rings. The number of nitrogens with zero attached hydrogens (tertiary/aromatic N) is 2. The lowest BCUT2D eigenvalue weighted by molar-refractivity contribution is 0.796. The first-order chi connectivity index (χ1) is 12.7. The van der Waals surface area contributed by atoms with E-state index in [1.165, 1.54) is 22.0 Å². The number of H-pyrrole nitrogens is 1. The topological polar surface area (TPSA) is 65.1 Å². The van der Waals surface area contributed by atoms with Crippen molar-refractivity contribution in [3.05, 3.63) is 51.6 Å². The SMILES string of the molecule is CCNC(=NCCc1csc(C)n1)NCCc1c[nH]c2cc(C)ccc12. The first kappa shape index (κ1) is 18.5. The number of rotatable bonds is 7. The summed E-state index contributed by atoms with van der Waals surface area (Å²) in [4.78, 5) is 12.5. The molecule has 0 unspecified atom stereocenters. The quantitative estimate of drug-likeness (QED) is 0.440. The Bertz CT molecular complexity index is 877. The maximum atomic E-state index is 4.66. The van der Waals surface area contributed by atoms with E-state index in [4.69, 9.17) is 0 Å². The second-order valence-corrected chi connectivity index (χ2v) is 7.47. The van der Waals surface area contributed by atoms with Gasteiger partial charge < -0.3 is 15.6 Å². The van der Waals surface area contributed by atoms with Crippen LogP contribution in [0.3, 0.4) is 0 Å². The average molecular weight is 370 g/mol. The van der Waals surface area contributed by atoms with Crippen molar-refractivity contribution in [2.24, 2.45) is 4.99 Å². The number of benzene rings is 1. The van der Waals surface area contributed by atoms with Crippen LogP contribution in [0.25, 0.3) is 10.9 Å². The van der Waals surface area contributed by atoms with Crippen molar-refractivity contribution in [3.8, 4) is 0 Å². The van der Waals surface area contributed by atoms with Crippen molar-refractivity contribution in [1.82, 2.24) is 20.6 Å². The number of guanidine groups is 1. The molecule has 0 radical (unpaired) electrons. The van der Waals surface area contributed by atoms with Crippen molar-refractivity contribution in [2.45, 2.75) is 33.6 Å². The Morgan fingerprint density at radius 3 is 2.88 bits per heavy atom. The summed E-state index contributed by atoms with van der Waals surface area (Å²) in [5, 5.41) is 11.3. The van der Waals surface area contributed by atoms with E-state index >= 15 is 0 Å². The van der Waals surface area contributed by atoms with Crippen LogP contribution in [0.15, 0.2) is 34.8 Å². The molecule has 0 saturated carbocycles. The van der Waals surface area contributed by atoms with Gasteiger partial charge in [-0.15, -0.1) is 11.3 Å². The normalized spacial score (nSPS) is 11.9. The summed E-state index contributed by atoms with van der Waals surface area (Å²) >= 11 is 1.69. The maximum Gasteiger partial charge on any atom is 0.191 e. The van der Waals surface area contributed by atoms with Crippen LogP contribution in [-0.2, 0) is 12.8 Å². The molecule has 2 heterocycles. The summed E-state index contributed by atoms with van der Waals surface area (Å²) in [6.45, 7) is 8.69. The highest BCUT2D eigenvalue weighted by molar-refractivity contribution is 7.09. The van der Waals surface area contributed by atoms with Crippen LogP contribution in [0, 0.1) is 13.8 Å². The van der Waals surface area contributed by atoms with E-state index in [9.17, 15) is 0 Å². The van der Waals surface area contributed by atoms with Gasteiger partial charge in [-0.1, -0.05) is 12.1 Å². The molecule has 0 saturated heterocycles. The predicted molar refractivity (Wildman–Crippen MR) is 111 cm³/mol. The lowest BCUT2D eigenvalue weighted by Gasteiger charge is -2.11. The molecule has 0 bridgehead atoms. The van der Waals surface area contributed by atoms with Gasteiger partial charge in [-0.05, 0) is 44.4 Å². The number of aromatic nitrogens is 2. The fraction of sp³-hybridized carbons (Fsp3) is 0.400. The van der Waals surface area contributed by atoms with Crippen LogP contribution >= 0.6 is 11.3 Å². The fourth-order valence-electron chi connectivity index (χ4n) is 2.97. The Hall–Kier alpha value is -2.34. The molecule has 2 aromatic heterocycles. The Labute approximate surface area is 159 Å². The minimum absolute atomic E-state index is 0.741. The number of aromatic amines is 1. The van der Waals surface area contributed by atoms with Crippen LogP contribution in [0.2, 0.25) is 0 Å². The van der Waals surface area contributed by atoms with E-state index in [0.717, 1.165) is 49.1 Å². The number of thiazole rings is 1. The highest BCUT2D eigenvalue weighted by atomic mass is 32.1. The van der Waals surface area contributed by atoms with Gasteiger partial charge in [0.05, 0.1) is 10.7 Å². The van der Waals surface area contributed by atoms with E-state index in [1.807, 2.05) is 6.92 Å². The van der Waals surface area contributed by atoms with Gasteiger partial charge in [-0.25, -0.2) is 4.98 Å². The molecule has 6 heteroatoms. The summed E-state index contributed by atoms with van der Waals surface area (Å²) in [5.41, 5.74) is 4.95. The zero-order chi connectivity index (χ0) is 18.4. The summed E-state index contributed by atoms with van der Waals surface area (Å²) in [6, 6.07) is 6.56. The van der Waals surface area contributed by atoms with E-state index in [2.05, 4.69) is 69.2 Å². The van der Waals surface area contributed by atoms with Gasteiger partial charge in [0.1, 0.15) is 0 Å². The van der Waals surface area contributed by atoms with Crippen molar-refractivity contribution >= 4 is 28.2 Å². The molecule has 3 rings (SSSR count). The number of aliphatic imine (C=N–C) groups is 1. The fourth-order valence-corrected chi connectivity index (χ4v) is 3.62. The minimum Gasteiger partial charge on any atom is -0.361 e. The summed E-state index contributed by atoms with van der Waals surface area (Å²) in [5.74, 6) is 0.870. The molecule has 138 valence electrons. The first-order valence-electron chi connectivity index (χ1n) is 9.15. The zero-order valence-electron chi connectivity index (χ0n) is 15.7. The Balaban J connectivity index is 1.53. The number of nitrogens with one attached hydrogen (secondary N) is 3. The number of hydrogen-bond donors (Lipinski definition) is 3. The van der Waals surface area contributed by atoms with Crippen molar-refractivity contribution < 1.29 is 0 Å². The van der Waals surface area contributed by atoms with Crippen LogP contribution < -0.4 is 10.6 Å². The van der Waals surface area contributed by atoms with Gasteiger partial charge in [0.15, 0.2) is 5.96 Å². The summed E-state index contributed by atoms with van der Waals surface area (Å²) in [7, 11) is 0. The second-order valence-electron chi connectivity index (χ2n) is 6.41. The third kappa shape index (κ3) is 4.85. The largest absolute Gasteiger partial charge is 0.361 e.